The van der Waals surface area contributed by atoms with Crippen LogP contribution in [0.25, 0.3) is 11.3 Å². The number of ether oxygens (including phenoxy) is 1. The van der Waals surface area contributed by atoms with Gasteiger partial charge in [0.05, 0.1) is 56.1 Å². The molecule has 5 aromatic carbocycles. The molecule has 11 N–H and O–H groups in total. The van der Waals surface area contributed by atoms with Crippen molar-refractivity contribution in [3.8, 4) is 17.0 Å². The molecule has 0 aliphatic heterocycles. The van der Waals surface area contributed by atoms with E-state index in [0.717, 1.165) is 11.1 Å². The van der Waals surface area contributed by atoms with Gasteiger partial charge in [0.1, 0.15) is 23.9 Å². The molecule has 0 bridgehead atoms. The van der Waals surface area contributed by atoms with Crippen LogP contribution in [-0.2, 0) is 27.5 Å². The third-order valence-corrected chi connectivity index (χ3v) is 14.0. The molecular formula is C60H59Cl6N11O12. The van der Waals surface area contributed by atoms with Gasteiger partial charge < -0.3 is 62.6 Å². The van der Waals surface area contributed by atoms with Crippen LogP contribution in [0.2, 0.25) is 30.1 Å². The molecule has 7 amide bonds. The lowest BCUT2D eigenvalue weighted by Crippen LogP contribution is -2.50. The van der Waals surface area contributed by atoms with Crippen molar-refractivity contribution in [2.45, 2.75) is 65.0 Å². The molecule has 7 aromatic rings. The number of benzene rings is 5. The summed E-state index contributed by atoms with van der Waals surface area (Å²) in [6.45, 7) is 6.85. The minimum Gasteiger partial charge on any atom is -0.491 e. The molecule has 0 unspecified atom stereocenters. The molecule has 89 heavy (non-hydrogen) atoms. The Balaban J connectivity index is 0.000000244. The van der Waals surface area contributed by atoms with E-state index in [2.05, 4.69) is 57.5 Å². The monoisotopic (exact) mass is 1340 g/mol. The van der Waals surface area contributed by atoms with Crippen molar-refractivity contribution in [2.24, 2.45) is 0 Å². The molecular weight excluding hydrogens is 1280 g/mol. The third-order valence-electron chi connectivity index (χ3n) is 12.1. The number of carbonyl (C=O) groups excluding carboxylic acids is 5. The lowest BCUT2D eigenvalue weighted by atomic mass is 10.0. The highest BCUT2D eigenvalue weighted by molar-refractivity contribution is 6.40. The number of nitrogens with zero attached hydrogens (tertiary/aromatic N) is 3. The zero-order valence-corrected chi connectivity index (χ0v) is 52.2. The highest BCUT2D eigenvalue weighted by Crippen LogP contribution is 2.26. The Labute approximate surface area is 540 Å². The smallest absolute Gasteiger partial charge is 0.328 e. The van der Waals surface area contributed by atoms with E-state index in [-0.39, 0.29) is 76.0 Å². The second-order valence-corrected chi connectivity index (χ2v) is 21.5. The molecule has 29 heteroatoms. The number of aliphatic carboxylic acids is 3. The average molecular weight is 1340 g/mol. The molecule has 3 atom stereocenters. The largest absolute Gasteiger partial charge is 0.491 e. The first-order valence-electron chi connectivity index (χ1n) is 26.6. The summed E-state index contributed by atoms with van der Waals surface area (Å²) in [6, 6.07) is 28.1. The Morgan fingerprint density at radius 2 is 0.910 bits per heavy atom. The van der Waals surface area contributed by atoms with Crippen LogP contribution in [0.15, 0.2) is 134 Å². The number of aryl methyl sites for hydroxylation is 2. The Bertz CT molecular complexity index is 3600. The molecule has 468 valence electrons. The number of nitrogens with one attached hydrogen (secondary N) is 8. The van der Waals surface area contributed by atoms with Crippen LogP contribution in [0.1, 0.15) is 67.2 Å². The molecule has 0 saturated carbocycles. The highest BCUT2D eigenvalue weighted by atomic mass is 35.5. The number of aromatic nitrogens is 3. The van der Waals surface area contributed by atoms with Gasteiger partial charge in [-0.05, 0) is 92.4 Å². The first-order chi connectivity index (χ1) is 42.3. The summed E-state index contributed by atoms with van der Waals surface area (Å²) < 4.78 is 5.67. The number of amides is 7. The SMILES string of the molecule is Cc1cc(OC(C)C)cc(C)c1C(=O)N[C@@H](CNC(=O)NCc1ccccc1Cl)C(=O)O.O=C(NCc1ccccc1Cl)NC[C@H](NC(=O)c1c(Cl)cncc1Cl)C(=O)O.O=C(N[C@@H](CNc1nccc(-c2ccccc2)n1)C(=O)O)c1c(Cl)cccc1Cl. The number of hydrogen-bond acceptors (Lipinski definition) is 13. The maximum atomic E-state index is 12.8. The van der Waals surface area contributed by atoms with E-state index in [1.165, 1.54) is 24.5 Å². The van der Waals surface area contributed by atoms with E-state index in [1.807, 2.05) is 44.2 Å². The zero-order chi connectivity index (χ0) is 65.3. The molecule has 0 fully saturated rings. The number of hydrogen-bond donors (Lipinski definition) is 11. The molecule has 0 radical (unpaired) electrons. The first-order valence-corrected chi connectivity index (χ1v) is 28.8. The summed E-state index contributed by atoms with van der Waals surface area (Å²) in [4.78, 5) is 108. The van der Waals surface area contributed by atoms with E-state index in [1.54, 1.807) is 92.8 Å². The maximum absolute atomic E-state index is 12.8. The lowest BCUT2D eigenvalue weighted by Gasteiger charge is -2.19. The lowest BCUT2D eigenvalue weighted by molar-refractivity contribution is -0.140. The predicted octanol–water partition coefficient (Wildman–Crippen LogP) is 9.90. The van der Waals surface area contributed by atoms with Gasteiger partial charge >= 0.3 is 30.0 Å². The van der Waals surface area contributed by atoms with Crippen LogP contribution < -0.4 is 47.3 Å². The number of anilines is 1. The number of halogens is 6. The Morgan fingerprint density at radius 3 is 1.36 bits per heavy atom. The maximum Gasteiger partial charge on any atom is 0.328 e. The summed E-state index contributed by atoms with van der Waals surface area (Å²) in [6.07, 6.45) is 3.96. The third kappa shape index (κ3) is 22.6. The summed E-state index contributed by atoms with van der Waals surface area (Å²) in [7, 11) is 0. The average Bonchev–Trinajstić information content (AvgIpc) is 3.28. The number of carboxylic acid groups (broad SMARTS) is 3. The van der Waals surface area contributed by atoms with E-state index >= 15 is 0 Å². The predicted molar refractivity (Wildman–Crippen MR) is 338 cm³/mol. The van der Waals surface area contributed by atoms with E-state index < -0.39 is 65.8 Å². The standard InChI is InChI=1S/C23H28ClN3O5.C20H16Cl2N4O3.C17H15Cl3N4O4/c1-13(2)32-17-9-14(3)20(15(4)10-17)21(28)27-19(22(29)30)12-26-23(31)25-11-16-7-5-6-8-18(16)24;21-13-7-4-8-14(22)17(13)18(27)25-16(19(28)29)11-24-20-23-10-9-15(26-20)12-5-2-1-3-6-12;18-10-4-2-1-3-9(10)5-22-17(28)23-8-13(16(26)27)24-15(25)14-11(19)6-21-7-12(14)20/h5-10,13,19H,11-12H2,1-4H3,(H,27,28)(H,29,30)(H2,25,26,31);1-10,16H,11H2,(H,25,27)(H,28,29)(H,23,24,26);1-4,6-7,13H,5,8H2,(H,24,25)(H,26,27)(H2,22,23,28)/t19-;16-;13-/m000/s1. The van der Waals surface area contributed by atoms with Crippen molar-refractivity contribution >= 4 is 123 Å². The van der Waals surface area contributed by atoms with Crippen molar-refractivity contribution < 1.29 is 58.4 Å². The number of carboxylic acids is 3. The second kappa shape index (κ2) is 35.1. The number of rotatable bonds is 23. The number of pyridine rings is 1. The molecule has 0 aliphatic carbocycles. The van der Waals surface area contributed by atoms with Gasteiger partial charge in [-0.3, -0.25) is 19.4 Å². The molecule has 0 spiro atoms. The summed E-state index contributed by atoms with van der Waals surface area (Å²) in [5.41, 5.74) is 4.61. The molecule has 23 nitrogen and oxygen atoms in total. The van der Waals surface area contributed by atoms with Gasteiger partial charge in [0, 0.05) is 59.4 Å². The van der Waals surface area contributed by atoms with Gasteiger partial charge in [0.25, 0.3) is 17.7 Å². The van der Waals surface area contributed by atoms with E-state index in [4.69, 9.17) is 74.3 Å². The van der Waals surface area contributed by atoms with Gasteiger partial charge in [0.2, 0.25) is 5.95 Å². The summed E-state index contributed by atoms with van der Waals surface area (Å²) in [5.74, 6) is -4.99. The van der Waals surface area contributed by atoms with Gasteiger partial charge in [-0.15, -0.1) is 0 Å². The van der Waals surface area contributed by atoms with Crippen LogP contribution in [-0.4, -0.2) is 122 Å². The van der Waals surface area contributed by atoms with Crippen molar-refractivity contribution in [1.82, 2.24) is 52.2 Å². The van der Waals surface area contributed by atoms with Crippen molar-refractivity contribution in [1.29, 1.82) is 0 Å². The van der Waals surface area contributed by atoms with Crippen molar-refractivity contribution in [3.63, 3.8) is 0 Å². The molecule has 0 aliphatic rings. The minimum atomic E-state index is -1.40. The van der Waals surface area contributed by atoms with Gasteiger partial charge in [-0.2, -0.15) is 0 Å². The molecule has 0 saturated heterocycles. The second-order valence-electron chi connectivity index (χ2n) is 19.1. The number of carbonyl (C=O) groups is 8. The van der Waals surface area contributed by atoms with Crippen molar-refractivity contribution in [3.05, 3.63) is 203 Å². The number of urea groups is 2. The van der Waals surface area contributed by atoms with Crippen LogP contribution >= 0.6 is 69.6 Å². The van der Waals surface area contributed by atoms with Crippen LogP contribution in [0, 0.1) is 13.8 Å². The fourth-order valence-corrected chi connectivity index (χ4v) is 9.32. The summed E-state index contributed by atoms with van der Waals surface area (Å²) in [5, 5.41) is 49.4. The Kier molecular flexibility index (Phi) is 27.9. The molecule has 2 aromatic heterocycles. The Hall–Kier alpha value is -8.97. The highest BCUT2D eigenvalue weighted by Gasteiger charge is 2.27. The van der Waals surface area contributed by atoms with Gasteiger partial charge in [-0.25, -0.2) is 33.9 Å². The van der Waals surface area contributed by atoms with Crippen LogP contribution in [0.3, 0.4) is 0 Å². The molecule has 2 heterocycles. The minimum absolute atomic E-state index is 0.0139. The van der Waals surface area contributed by atoms with E-state index in [9.17, 15) is 53.7 Å². The zero-order valence-electron chi connectivity index (χ0n) is 47.7. The Morgan fingerprint density at radius 1 is 0.494 bits per heavy atom. The van der Waals surface area contributed by atoms with Crippen LogP contribution in [0.5, 0.6) is 5.75 Å². The fourth-order valence-electron chi connectivity index (χ4n) is 7.81. The normalized spacial score (nSPS) is 11.5. The van der Waals surface area contributed by atoms with Gasteiger partial charge in [-0.1, -0.05) is 142 Å². The molecule has 7 rings (SSSR count). The van der Waals surface area contributed by atoms with Crippen molar-refractivity contribution in [2.75, 3.05) is 25.0 Å². The quantitative estimate of drug-likeness (QED) is 0.0284. The fraction of sp³-hybridized carbons (Fsp3) is 0.217. The summed E-state index contributed by atoms with van der Waals surface area (Å²) >= 11 is 35.8. The van der Waals surface area contributed by atoms with E-state index in [0.29, 0.717) is 43.7 Å². The van der Waals surface area contributed by atoms with Gasteiger partial charge in [0.15, 0.2) is 0 Å². The first kappa shape index (κ1) is 70.8. The van der Waals surface area contributed by atoms with Crippen LogP contribution in [0.4, 0.5) is 15.5 Å². The topological polar surface area (TPSA) is 341 Å².